The maximum absolute atomic E-state index is 13.2. The summed E-state index contributed by atoms with van der Waals surface area (Å²) in [5, 5.41) is 20.9. The van der Waals surface area contributed by atoms with Gasteiger partial charge in [-0.1, -0.05) is 29.3 Å². The zero-order valence-electron chi connectivity index (χ0n) is 18.1. The average molecular weight is 487 g/mol. The summed E-state index contributed by atoms with van der Waals surface area (Å²) in [4.78, 5) is 26.1. The van der Waals surface area contributed by atoms with E-state index < -0.39 is 17.2 Å². The number of aromatic hydroxyl groups is 1. The van der Waals surface area contributed by atoms with Crippen LogP contribution in [0.15, 0.2) is 41.2 Å². The number of hydrogen-bond acceptors (Lipinski definition) is 6. The fourth-order valence-electron chi connectivity index (χ4n) is 3.52. The Labute approximate surface area is 200 Å². The number of nitriles is 1. The highest BCUT2D eigenvalue weighted by Gasteiger charge is 2.26. The zero-order chi connectivity index (χ0) is 24.3. The number of pyridine rings is 1. The van der Waals surface area contributed by atoms with Crippen LogP contribution in [0.5, 0.6) is 17.4 Å². The van der Waals surface area contributed by atoms with Crippen LogP contribution in [0.25, 0.3) is 0 Å². The lowest BCUT2D eigenvalue weighted by atomic mass is 9.97. The highest BCUT2D eigenvalue weighted by atomic mass is 35.5. The van der Waals surface area contributed by atoms with E-state index >= 15 is 0 Å². The zero-order valence-corrected chi connectivity index (χ0v) is 19.6. The van der Waals surface area contributed by atoms with E-state index in [1.165, 1.54) is 39.3 Å². The molecule has 1 N–H and O–H groups in total. The molecule has 0 fully saturated rings. The molecule has 9 heteroatoms. The molecule has 7 nitrogen and oxygen atoms in total. The number of hydrogen-bond donors (Lipinski definition) is 1. The first kappa shape index (κ1) is 24.2. The number of aryl methyl sites for hydroxylation is 1. The Bertz CT molecular complexity index is 1340. The van der Waals surface area contributed by atoms with Gasteiger partial charge in [0, 0.05) is 17.1 Å². The SMILES string of the molecule is COc1ccc(CCn2c(O)c(C(=O)c3ccc(Cl)cc3Cl)c(C)c(C#N)c2=O)cc1OC. The van der Waals surface area contributed by atoms with E-state index in [0.29, 0.717) is 22.9 Å². The first-order chi connectivity index (χ1) is 15.7. The van der Waals surface area contributed by atoms with Crippen LogP contribution in [-0.4, -0.2) is 29.7 Å². The number of benzene rings is 2. The van der Waals surface area contributed by atoms with E-state index in [4.69, 9.17) is 32.7 Å². The molecule has 0 spiro atoms. The van der Waals surface area contributed by atoms with Gasteiger partial charge in [0.15, 0.2) is 17.3 Å². The minimum absolute atomic E-state index is 0.0176. The fraction of sp³-hybridized carbons (Fsp3) is 0.208. The molecule has 3 rings (SSSR count). The minimum Gasteiger partial charge on any atom is -0.494 e. The van der Waals surface area contributed by atoms with Crippen molar-refractivity contribution in [2.24, 2.45) is 0 Å². The molecule has 0 saturated carbocycles. The predicted molar refractivity (Wildman–Crippen MR) is 125 cm³/mol. The van der Waals surface area contributed by atoms with E-state index in [2.05, 4.69) is 0 Å². The highest BCUT2D eigenvalue weighted by Crippen LogP contribution is 2.30. The molecule has 0 aliphatic carbocycles. The van der Waals surface area contributed by atoms with E-state index in [9.17, 15) is 20.0 Å². The summed E-state index contributed by atoms with van der Waals surface area (Å²) < 4.78 is 11.5. The normalized spacial score (nSPS) is 10.5. The van der Waals surface area contributed by atoms with Crippen molar-refractivity contribution < 1.29 is 19.4 Å². The second-order valence-corrected chi connectivity index (χ2v) is 8.00. The quantitative estimate of drug-likeness (QED) is 0.492. The lowest BCUT2D eigenvalue weighted by Crippen LogP contribution is -2.27. The van der Waals surface area contributed by atoms with E-state index in [1.54, 1.807) is 18.2 Å². The van der Waals surface area contributed by atoms with Gasteiger partial charge in [0.25, 0.3) is 5.56 Å². The second-order valence-electron chi connectivity index (χ2n) is 7.16. The summed E-state index contributed by atoms with van der Waals surface area (Å²) in [5.74, 6) is -0.0893. The van der Waals surface area contributed by atoms with Gasteiger partial charge in [-0.2, -0.15) is 5.26 Å². The molecule has 2 aromatic carbocycles. The van der Waals surface area contributed by atoms with Crippen molar-refractivity contribution in [1.29, 1.82) is 5.26 Å². The highest BCUT2D eigenvalue weighted by molar-refractivity contribution is 6.37. The summed E-state index contributed by atoms with van der Waals surface area (Å²) >= 11 is 12.1. The summed E-state index contributed by atoms with van der Waals surface area (Å²) in [7, 11) is 3.03. The van der Waals surface area contributed by atoms with Crippen LogP contribution < -0.4 is 15.0 Å². The van der Waals surface area contributed by atoms with Crippen LogP contribution in [0.1, 0.15) is 32.6 Å². The van der Waals surface area contributed by atoms with Gasteiger partial charge in [0.2, 0.25) is 5.88 Å². The van der Waals surface area contributed by atoms with Crippen molar-refractivity contribution in [2.75, 3.05) is 14.2 Å². The van der Waals surface area contributed by atoms with Crippen LogP contribution in [0, 0.1) is 18.3 Å². The molecule has 0 radical (unpaired) electrons. The van der Waals surface area contributed by atoms with E-state index in [1.807, 2.05) is 6.07 Å². The average Bonchev–Trinajstić information content (AvgIpc) is 2.78. The first-order valence-corrected chi connectivity index (χ1v) is 10.6. The molecule has 0 aliphatic rings. The molecule has 0 amide bonds. The van der Waals surface area contributed by atoms with Crippen LogP contribution in [0.3, 0.4) is 0 Å². The monoisotopic (exact) mass is 486 g/mol. The van der Waals surface area contributed by atoms with Crippen LogP contribution in [-0.2, 0) is 13.0 Å². The van der Waals surface area contributed by atoms with Gasteiger partial charge in [0.1, 0.15) is 11.6 Å². The van der Waals surface area contributed by atoms with Crippen LogP contribution in [0.2, 0.25) is 10.0 Å². The maximum atomic E-state index is 13.2. The molecule has 1 aromatic heterocycles. The van der Waals surface area contributed by atoms with Crippen molar-refractivity contribution in [2.45, 2.75) is 19.9 Å². The molecule has 33 heavy (non-hydrogen) atoms. The van der Waals surface area contributed by atoms with Gasteiger partial charge in [-0.3, -0.25) is 14.2 Å². The summed E-state index contributed by atoms with van der Waals surface area (Å²) in [5.41, 5.74) is -0.110. The largest absolute Gasteiger partial charge is 0.494 e. The minimum atomic E-state index is -0.688. The van der Waals surface area contributed by atoms with Gasteiger partial charge in [-0.15, -0.1) is 0 Å². The van der Waals surface area contributed by atoms with E-state index in [-0.39, 0.29) is 33.8 Å². The molecule has 170 valence electrons. The maximum Gasteiger partial charge on any atom is 0.271 e. The molecule has 3 aromatic rings. The number of ketones is 1. The van der Waals surface area contributed by atoms with E-state index in [0.717, 1.165) is 10.1 Å². The lowest BCUT2D eigenvalue weighted by molar-refractivity contribution is 0.103. The van der Waals surface area contributed by atoms with Crippen molar-refractivity contribution >= 4 is 29.0 Å². The molecule has 0 unspecified atom stereocenters. The lowest BCUT2D eigenvalue weighted by Gasteiger charge is -2.16. The van der Waals surface area contributed by atoms with Gasteiger partial charge in [-0.05, 0) is 54.8 Å². The number of rotatable bonds is 7. The number of ether oxygens (including phenoxy) is 2. The number of halogens is 2. The Balaban J connectivity index is 2.07. The molecule has 0 saturated heterocycles. The van der Waals surface area contributed by atoms with Crippen molar-refractivity contribution in [3.8, 4) is 23.4 Å². The van der Waals surface area contributed by atoms with Gasteiger partial charge in [0.05, 0.1) is 24.8 Å². The number of methoxy groups -OCH3 is 2. The third kappa shape index (κ3) is 4.68. The Morgan fingerprint density at radius 2 is 1.82 bits per heavy atom. The Morgan fingerprint density at radius 1 is 1.12 bits per heavy atom. The van der Waals surface area contributed by atoms with Crippen molar-refractivity contribution in [3.63, 3.8) is 0 Å². The number of carbonyl (C=O) groups is 1. The summed E-state index contributed by atoms with van der Waals surface area (Å²) in [6.45, 7) is 1.46. The fourth-order valence-corrected chi connectivity index (χ4v) is 4.01. The summed E-state index contributed by atoms with van der Waals surface area (Å²) in [6, 6.07) is 11.4. The van der Waals surface area contributed by atoms with Crippen LogP contribution >= 0.6 is 23.2 Å². The molecular formula is C24H20Cl2N2O5. The molecule has 0 aliphatic heterocycles. The summed E-state index contributed by atoms with van der Waals surface area (Å²) in [6.07, 6.45) is 0.317. The second kappa shape index (κ2) is 9.99. The van der Waals surface area contributed by atoms with Gasteiger partial charge in [-0.25, -0.2) is 0 Å². The Morgan fingerprint density at radius 3 is 2.42 bits per heavy atom. The van der Waals surface area contributed by atoms with Gasteiger partial charge < -0.3 is 14.6 Å². The topological polar surface area (TPSA) is 102 Å². The predicted octanol–water partition coefficient (Wildman–Crippen LogP) is 4.53. The Kier molecular flexibility index (Phi) is 7.32. The third-order valence-electron chi connectivity index (χ3n) is 5.27. The number of carbonyl (C=O) groups excluding carboxylic acids is 1. The van der Waals surface area contributed by atoms with Crippen LogP contribution in [0.4, 0.5) is 0 Å². The number of nitrogens with zero attached hydrogens (tertiary/aromatic N) is 2. The van der Waals surface area contributed by atoms with Crippen molar-refractivity contribution in [1.82, 2.24) is 4.57 Å². The molecule has 0 bridgehead atoms. The third-order valence-corrected chi connectivity index (χ3v) is 5.82. The smallest absolute Gasteiger partial charge is 0.271 e. The number of aromatic nitrogens is 1. The standard InChI is InChI=1S/C24H20Cl2N2O5/c1-13-17(12-27)23(30)28(9-8-14-4-7-19(32-2)20(10-14)33-3)24(31)21(13)22(29)16-6-5-15(25)11-18(16)26/h4-7,10-11,31H,8-9H2,1-3H3. The van der Waals surface area contributed by atoms with Crippen molar-refractivity contribution in [3.05, 3.63) is 84.6 Å². The Hall–Kier alpha value is -3.47. The van der Waals surface area contributed by atoms with Gasteiger partial charge >= 0.3 is 0 Å². The molecular weight excluding hydrogens is 467 g/mol. The first-order valence-electron chi connectivity index (χ1n) is 9.80. The molecule has 1 heterocycles. The molecule has 0 atom stereocenters.